The Morgan fingerprint density at radius 2 is 2.00 bits per heavy atom. The van der Waals surface area contributed by atoms with E-state index in [-0.39, 0.29) is 64.7 Å². The van der Waals surface area contributed by atoms with E-state index in [0.717, 1.165) is 0 Å². The average Bonchev–Trinajstić information content (AvgIpc) is 1.37. The van der Waals surface area contributed by atoms with Crippen molar-refractivity contribution >= 4 is 6.47 Å². The van der Waals surface area contributed by atoms with Crippen molar-refractivity contribution in [3.63, 3.8) is 0 Å². The summed E-state index contributed by atoms with van der Waals surface area (Å²) < 4.78 is 0. The van der Waals surface area contributed by atoms with E-state index in [1.54, 1.807) is 0 Å². The van der Waals surface area contributed by atoms with Crippen LogP contribution in [0.2, 0.25) is 0 Å². The molecule has 0 bridgehead atoms. The van der Waals surface area contributed by atoms with Crippen molar-refractivity contribution in [1.29, 1.82) is 0 Å². The molecule has 0 radical (unpaired) electrons. The minimum atomic E-state index is -0.181. The molecule has 0 saturated heterocycles. The fourth-order valence-electron chi connectivity index (χ4n) is 0. The second-order valence-electron chi connectivity index (χ2n) is 0.192. The van der Waals surface area contributed by atoms with E-state index in [4.69, 9.17) is 10.1 Å². The van der Waals surface area contributed by atoms with Gasteiger partial charge in [0.05, 0.1) is 0 Å². The van der Waals surface area contributed by atoms with Gasteiger partial charge in [0, 0.05) is 0 Å². The van der Waals surface area contributed by atoms with Crippen molar-refractivity contribution in [3.8, 4) is 0 Å². The van der Waals surface area contributed by atoms with Crippen LogP contribution >= 0.6 is 0 Å². The molecular formula is CHO3Rb. The van der Waals surface area contributed by atoms with Crippen molar-refractivity contribution < 1.29 is 73.1 Å². The van der Waals surface area contributed by atoms with Gasteiger partial charge < -0.3 is 10.1 Å². The van der Waals surface area contributed by atoms with Gasteiger partial charge in [-0.3, -0.25) is 4.79 Å². The normalized spacial score (nSPS) is 4.20. The Hall–Kier alpha value is 1.24. The fourth-order valence-corrected chi connectivity index (χ4v) is 0. The van der Waals surface area contributed by atoms with Gasteiger partial charge in [-0.1, -0.05) is 0 Å². The molecule has 5 heavy (non-hydrogen) atoms. The first-order valence-corrected chi connectivity index (χ1v) is 0.638. The predicted octanol–water partition coefficient (Wildman–Crippen LogP) is -4.56. The van der Waals surface area contributed by atoms with E-state index >= 15 is 0 Å². The molecule has 0 unspecified atom stereocenters. The van der Waals surface area contributed by atoms with E-state index in [9.17, 15) is 0 Å². The third-order valence-electron chi connectivity index (χ3n) is 0.0393. The first kappa shape index (κ1) is 9.53. The van der Waals surface area contributed by atoms with Crippen molar-refractivity contribution in [2.75, 3.05) is 0 Å². The summed E-state index contributed by atoms with van der Waals surface area (Å²) in [6.07, 6.45) is 0. The molecule has 0 rings (SSSR count). The quantitative estimate of drug-likeness (QED) is 0.213. The molecule has 3 nitrogen and oxygen atoms in total. The molecule has 0 spiro atoms. The van der Waals surface area contributed by atoms with Crippen LogP contribution in [0.25, 0.3) is 0 Å². The number of hydrogen-bond acceptors (Lipinski definition) is 3. The van der Waals surface area contributed by atoms with Crippen LogP contribution in [0.3, 0.4) is 0 Å². The molecule has 0 fully saturated rings. The van der Waals surface area contributed by atoms with Crippen LogP contribution in [-0.2, 0) is 9.68 Å². The van der Waals surface area contributed by atoms with Gasteiger partial charge in [-0.05, 0) is 0 Å². The Morgan fingerprint density at radius 1 is 1.80 bits per heavy atom. The third-order valence-corrected chi connectivity index (χ3v) is 0.0393. The van der Waals surface area contributed by atoms with Gasteiger partial charge in [0.15, 0.2) is 0 Å². The van der Waals surface area contributed by atoms with Crippen LogP contribution in [0, 0.1) is 0 Å². The van der Waals surface area contributed by atoms with Crippen LogP contribution in [0.1, 0.15) is 0 Å². The Bertz CT molecular complexity index is 20.9. The van der Waals surface area contributed by atoms with Gasteiger partial charge >= 0.3 is 58.2 Å². The smallest absolute Gasteiger partial charge is 0.662 e. The standard InChI is InChI=1S/CH2O3.Rb/c2-1-4-3;/h1,3H;/q;+1/p-1. The summed E-state index contributed by atoms with van der Waals surface area (Å²) in [6, 6.07) is 0. The Labute approximate surface area is 78.0 Å². The van der Waals surface area contributed by atoms with Gasteiger partial charge in [0.25, 0.3) is 6.47 Å². The molecule has 4 heteroatoms. The molecule has 0 aromatic heterocycles. The largest absolute Gasteiger partial charge is 1.00 e. The Morgan fingerprint density at radius 3 is 2.00 bits per heavy atom. The number of hydrogen-bond donors (Lipinski definition) is 0. The van der Waals surface area contributed by atoms with Crippen LogP contribution in [0.15, 0.2) is 0 Å². The topological polar surface area (TPSA) is 49.4 Å². The zero-order chi connectivity index (χ0) is 3.41. The molecule has 0 aliphatic heterocycles. The van der Waals surface area contributed by atoms with E-state index in [1.807, 2.05) is 0 Å². The number of rotatable bonds is 1. The summed E-state index contributed by atoms with van der Waals surface area (Å²) in [5.41, 5.74) is 0. The molecule has 24 valence electrons. The maximum absolute atomic E-state index is 8.64. The summed E-state index contributed by atoms with van der Waals surface area (Å²) in [7, 11) is 0. The number of carbonyl (C=O) groups excluding carboxylic acids is 1. The predicted molar refractivity (Wildman–Crippen MR) is 7.15 cm³/mol. The molecule has 0 amide bonds. The van der Waals surface area contributed by atoms with Gasteiger partial charge in [-0.2, -0.15) is 0 Å². The average molecular weight is 146 g/mol. The van der Waals surface area contributed by atoms with Crippen LogP contribution in [0.4, 0.5) is 0 Å². The molecule has 0 aliphatic rings. The van der Waals surface area contributed by atoms with Crippen LogP contribution in [-0.4, -0.2) is 6.47 Å². The Kier molecular flexibility index (Phi) is 17.1. The van der Waals surface area contributed by atoms with Crippen LogP contribution in [0.5, 0.6) is 0 Å². The van der Waals surface area contributed by atoms with Crippen molar-refractivity contribution in [3.05, 3.63) is 0 Å². The summed E-state index contributed by atoms with van der Waals surface area (Å²) in [5, 5.41) is 8.43. The minimum Gasteiger partial charge on any atom is -0.662 e. The second kappa shape index (κ2) is 8.97. The monoisotopic (exact) mass is 146 g/mol. The van der Waals surface area contributed by atoms with E-state index in [1.165, 1.54) is 0 Å². The van der Waals surface area contributed by atoms with E-state index < -0.39 is 0 Å². The first-order valence-electron chi connectivity index (χ1n) is 0.638. The molecule has 0 saturated carbocycles. The zero-order valence-corrected chi connectivity index (χ0v) is 7.72. The van der Waals surface area contributed by atoms with Crippen molar-refractivity contribution in [2.24, 2.45) is 0 Å². The molecule has 0 heterocycles. The number of carbonyl (C=O) groups is 1. The van der Waals surface area contributed by atoms with Crippen molar-refractivity contribution in [2.45, 2.75) is 0 Å². The zero-order valence-electron chi connectivity index (χ0n) is 2.80. The summed E-state index contributed by atoms with van der Waals surface area (Å²) in [4.78, 5) is 11.2. The van der Waals surface area contributed by atoms with Crippen molar-refractivity contribution in [1.82, 2.24) is 0 Å². The van der Waals surface area contributed by atoms with Gasteiger partial charge in [-0.15, -0.1) is 0 Å². The summed E-state index contributed by atoms with van der Waals surface area (Å²) in [6.45, 7) is -0.181. The molecular weight excluding hydrogens is 145 g/mol. The molecule has 0 aromatic rings. The van der Waals surface area contributed by atoms with E-state index in [2.05, 4.69) is 4.89 Å². The summed E-state index contributed by atoms with van der Waals surface area (Å²) >= 11 is 0. The van der Waals surface area contributed by atoms with Gasteiger partial charge in [0.2, 0.25) is 0 Å². The molecule has 0 aliphatic carbocycles. The second-order valence-corrected chi connectivity index (χ2v) is 0.192. The van der Waals surface area contributed by atoms with Crippen LogP contribution < -0.4 is 63.4 Å². The summed E-state index contributed by atoms with van der Waals surface area (Å²) in [5.74, 6) is 0. The molecule has 0 atom stereocenters. The van der Waals surface area contributed by atoms with Gasteiger partial charge in [-0.25, -0.2) is 0 Å². The molecule has 0 aromatic carbocycles. The minimum absolute atomic E-state index is 0. The van der Waals surface area contributed by atoms with Gasteiger partial charge in [0.1, 0.15) is 0 Å². The molecule has 0 N–H and O–H groups in total. The van der Waals surface area contributed by atoms with E-state index in [0.29, 0.717) is 0 Å². The fraction of sp³-hybridized carbons (Fsp3) is 0. The maximum atomic E-state index is 8.64. The first-order chi connectivity index (χ1) is 1.91. The SMILES string of the molecule is O=CO[O-].[Rb+]. The Balaban J connectivity index is 0. The third kappa shape index (κ3) is 11.0. The maximum Gasteiger partial charge on any atom is 1.00 e.